The molecule has 1 amide bonds. The van der Waals surface area contributed by atoms with E-state index < -0.39 is 65.2 Å². The highest BCUT2D eigenvalue weighted by molar-refractivity contribution is 7.76. The van der Waals surface area contributed by atoms with E-state index in [2.05, 4.69) is 10.4 Å². The van der Waals surface area contributed by atoms with Gasteiger partial charge in [0, 0.05) is 37.4 Å². The molecule has 0 saturated heterocycles. The summed E-state index contributed by atoms with van der Waals surface area (Å²) in [5.74, 6) is -2.82. The Morgan fingerprint density at radius 3 is 2.33 bits per heavy atom. The van der Waals surface area contributed by atoms with E-state index in [9.17, 15) is 45.6 Å². The fraction of sp³-hybridized carbons (Fsp3) is 0.259. The standard InChI is InChI=1S/C27H24BF5N4O5S/c1-34-26(38)22-21-10-19(14-2-3-14)17(13-37(21)35-25(22)15-4-7-18(29)8-5-15)12-36(43(41)42)11-16-6-9-20(28(39)40)24(30)23(16)27(31,32)33/h4-10,13-14,39-40H,2-3,11-12H2,1H3,(H,34,38)(H,41,42). The average Bonchev–Trinajstić information content (AvgIpc) is 3.71. The summed E-state index contributed by atoms with van der Waals surface area (Å²) in [5, 5.41) is 25.6. The monoisotopic (exact) mass is 622 g/mol. The molecule has 4 aromatic rings. The van der Waals surface area contributed by atoms with E-state index >= 15 is 0 Å². The van der Waals surface area contributed by atoms with Crippen LogP contribution in [-0.2, 0) is 30.5 Å². The van der Waals surface area contributed by atoms with Crippen LogP contribution >= 0.6 is 0 Å². The van der Waals surface area contributed by atoms with Crippen molar-refractivity contribution in [3.8, 4) is 11.3 Å². The SMILES string of the molecule is CNC(=O)c1c(-c2ccc(F)cc2)nn2cc(CN(Cc3ccc(B(O)O)c(F)c3C(F)(F)F)S(=O)O)c(C3CC3)cc12. The van der Waals surface area contributed by atoms with Crippen molar-refractivity contribution in [3.63, 3.8) is 0 Å². The third-order valence-corrected chi connectivity index (χ3v) is 7.91. The molecule has 0 bridgehead atoms. The average molecular weight is 622 g/mol. The number of benzene rings is 2. The summed E-state index contributed by atoms with van der Waals surface area (Å²) in [7, 11) is -1.06. The molecule has 0 aliphatic heterocycles. The Hall–Kier alpha value is -3.70. The maximum Gasteiger partial charge on any atom is 0.491 e. The first-order valence-electron chi connectivity index (χ1n) is 12.9. The van der Waals surface area contributed by atoms with Gasteiger partial charge in [-0.15, -0.1) is 0 Å². The van der Waals surface area contributed by atoms with Crippen molar-refractivity contribution < 1.29 is 45.6 Å². The molecule has 1 aliphatic carbocycles. The van der Waals surface area contributed by atoms with Crippen molar-refractivity contribution in [2.24, 2.45) is 0 Å². The number of rotatable bonds is 9. The van der Waals surface area contributed by atoms with E-state index in [0.717, 1.165) is 29.3 Å². The van der Waals surface area contributed by atoms with E-state index in [-0.39, 0.29) is 23.7 Å². The van der Waals surface area contributed by atoms with Crippen LogP contribution in [0.3, 0.4) is 0 Å². The zero-order valence-corrected chi connectivity index (χ0v) is 23.2. The van der Waals surface area contributed by atoms with Crippen molar-refractivity contribution in [1.29, 1.82) is 0 Å². The highest BCUT2D eigenvalue weighted by atomic mass is 32.2. The number of halogens is 5. The molecule has 1 saturated carbocycles. The Morgan fingerprint density at radius 2 is 1.77 bits per heavy atom. The Kier molecular flexibility index (Phi) is 8.42. The number of alkyl halides is 3. The fourth-order valence-electron chi connectivity index (χ4n) is 5.03. The van der Waals surface area contributed by atoms with Crippen LogP contribution in [0.1, 0.15) is 51.4 Å². The number of hydrogen-bond donors (Lipinski definition) is 4. The second kappa shape index (κ2) is 11.8. The first kappa shape index (κ1) is 30.8. The van der Waals surface area contributed by atoms with Gasteiger partial charge in [-0.3, -0.25) is 9.35 Å². The van der Waals surface area contributed by atoms with Crippen molar-refractivity contribution in [2.45, 2.75) is 38.0 Å². The van der Waals surface area contributed by atoms with Crippen LogP contribution in [0.4, 0.5) is 22.0 Å². The molecule has 4 N–H and O–H groups in total. The lowest BCUT2D eigenvalue weighted by molar-refractivity contribution is -0.140. The van der Waals surface area contributed by atoms with Gasteiger partial charge in [0.1, 0.15) is 17.3 Å². The van der Waals surface area contributed by atoms with Gasteiger partial charge >= 0.3 is 13.3 Å². The van der Waals surface area contributed by atoms with Gasteiger partial charge in [-0.25, -0.2) is 17.5 Å². The molecule has 1 unspecified atom stereocenters. The van der Waals surface area contributed by atoms with Gasteiger partial charge in [-0.05, 0) is 65.8 Å². The van der Waals surface area contributed by atoms with Crippen LogP contribution in [0.25, 0.3) is 16.8 Å². The summed E-state index contributed by atoms with van der Waals surface area (Å²) >= 11 is -2.82. The minimum Gasteiger partial charge on any atom is -0.423 e. The molecule has 2 aromatic heterocycles. The Labute approximate surface area is 244 Å². The molecule has 1 fully saturated rings. The number of pyridine rings is 1. The third-order valence-electron chi connectivity index (χ3n) is 7.21. The Balaban J connectivity index is 1.60. The van der Waals surface area contributed by atoms with Crippen LogP contribution in [0.5, 0.6) is 0 Å². The first-order chi connectivity index (χ1) is 20.3. The fourth-order valence-corrected chi connectivity index (χ4v) is 5.53. The maximum absolute atomic E-state index is 14.7. The van der Waals surface area contributed by atoms with Crippen LogP contribution < -0.4 is 10.8 Å². The molecule has 9 nitrogen and oxygen atoms in total. The number of nitrogens with one attached hydrogen (secondary N) is 1. The lowest BCUT2D eigenvalue weighted by atomic mass is 9.78. The number of carbonyl (C=O) groups is 1. The largest absolute Gasteiger partial charge is 0.491 e. The van der Waals surface area contributed by atoms with E-state index in [1.165, 1.54) is 42.0 Å². The summed E-state index contributed by atoms with van der Waals surface area (Å²) in [4.78, 5) is 12.9. The normalized spacial score (nSPS) is 14.4. The van der Waals surface area contributed by atoms with Crippen LogP contribution in [0, 0.1) is 11.6 Å². The first-order valence-corrected chi connectivity index (χ1v) is 14.0. The van der Waals surface area contributed by atoms with E-state index in [1.807, 2.05) is 0 Å². The molecule has 2 aromatic carbocycles. The van der Waals surface area contributed by atoms with Gasteiger partial charge in [-0.1, -0.05) is 12.1 Å². The molecular formula is C27H24BF5N4O5S. The molecule has 2 heterocycles. The van der Waals surface area contributed by atoms with E-state index in [0.29, 0.717) is 22.2 Å². The topological polar surface area (TPSA) is 127 Å². The molecule has 16 heteroatoms. The van der Waals surface area contributed by atoms with E-state index in [4.69, 9.17) is 0 Å². The lowest BCUT2D eigenvalue weighted by Crippen LogP contribution is -2.36. The van der Waals surface area contributed by atoms with Gasteiger partial charge in [0.2, 0.25) is 11.3 Å². The third kappa shape index (κ3) is 6.19. The van der Waals surface area contributed by atoms with Gasteiger partial charge in [0.05, 0.1) is 16.6 Å². The number of carbonyl (C=O) groups excluding carboxylic acids is 1. The zero-order valence-electron chi connectivity index (χ0n) is 22.4. The van der Waals surface area contributed by atoms with Crippen LogP contribution in [0.15, 0.2) is 48.7 Å². The van der Waals surface area contributed by atoms with Crippen LogP contribution in [0.2, 0.25) is 0 Å². The molecule has 43 heavy (non-hydrogen) atoms. The van der Waals surface area contributed by atoms with Crippen molar-refractivity contribution in [3.05, 3.63) is 88.1 Å². The number of nitrogens with zero attached hydrogens (tertiary/aromatic N) is 3. The summed E-state index contributed by atoms with van der Waals surface area (Å²) < 4.78 is 94.5. The predicted molar refractivity (Wildman–Crippen MR) is 147 cm³/mol. The number of amides is 1. The molecule has 226 valence electrons. The summed E-state index contributed by atoms with van der Waals surface area (Å²) in [6.07, 6.45) is -2.19. The van der Waals surface area contributed by atoms with E-state index in [1.54, 1.807) is 6.07 Å². The Morgan fingerprint density at radius 1 is 1.12 bits per heavy atom. The van der Waals surface area contributed by atoms with Gasteiger partial charge in [0.25, 0.3) is 5.91 Å². The number of fused-ring (bicyclic) bond motifs is 1. The van der Waals surface area contributed by atoms with Crippen molar-refractivity contribution in [1.82, 2.24) is 19.2 Å². The second-order valence-electron chi connectivity index (χ2n) is 10.1. The van der Waals surface area contributed by atoms with Crippen molar-refractivity contribution >= 4 is 35.3 Å². The summed E-state index contributed by atoms with van der Waals surface area (Å²) in [6, 6.07) is 8.65. The summed E-state index contributed by atoms with van der Waals surface area (Å²) in [5.41, 5.74) is -1.01. The highest BCUT2D eigenvalue weighted by Gasteiger charge is 2.40. The maximum atomic E-state index is 14.7. The molecular weight excluding hydrogens is 598 g/mol. The van der Waals surface area contributed by atoms with Gasteiger partial charge < -0.3 is 15.4 Å². The Bertz CT molecular complexity index is 1730. The highest BCUT2D eigenvalue weighted by Crippen LogP contribution is 2.43. The molecule has 1 atom stereocenters. The second-order valence-corrected chi connectivity index (χ2v) is 11.0. The smallest absolute Gasteiger partial charge is 0.423 e. The van der Waals surface area contributed by atoms with Crippen LogP contribution in [-0.4, -0.2) is 52.8 Å². The molecule has 0 spiro atoms. The molecule has 1 aliphatic rings. The van der Waals surface area contributed by atoms with Gasteiger partial charge in [-0.2, -0.15) is 22.6 Å². The van der Waals surface area contributed by atoms with Crippen molar-refractivity contribution in [2.75, 3.05) is 7.05 Å². The predicted octanol–water partition coefficient (Wildman–Crippen LogP) is 3.35. The molecule has 0 radical (unpaired) electrons. The van der Waals surface area contributed by atoms with Gasteiger partial charge in [0.15, 0.2) is 0 Å². The zero-order chi connectivity index (χ0) is 31.2. The minimum absolute atomic E-state index is 0.0178. The quantitative estimate of drug-likeness (QED) is 0.129. The number of aromatic nitrogens is 2. The summed E-state index contributed by atoms with van der Waals surface area (Å²) in [6.45, 7) is -1.17. The molecule has 5 rings (SSSR count). The lowest BCUT2D eigenvalue weighted by Gasteiger charge is -2.23. The number of hydrogen-bond acceptors (Lipinski definition) is 5. The minimum atomic E-state index is -5.24.